The molecule has 0 aromatic heterocycles. The summed E-state index contributed by atoms with van der Waals surface area (Å²) in [5.41, 5.74) is 7.13. The van der Waals surface area contributed by atoms with E-state index in [2.05, 4.69) is 92.4 Å². The van der Waals surface area contributed by atoms with Crippen LogP contribution in [0.15, 0.2) is 63.4 Å². The van der Waals surface area contributed by atoms with Gasteiger partial charge in [0, 0.05) is 15.5 Å². The molecule has 0 fully saturated rings. The van der Waals surface area contributed by atoms with E-state index in [1.807, 2.05) is 0 Å². The van der Waals surface area contributed by atoms with Crippen LogP contribution < -0.4 is 0 Å². The molecule has 0 heterocycles. The Kier molecular flexibility index (Phi) is 9.28. The molecule has 0 aromatic rings. The Morgan fingerprint density at radius 2 is 2.00 bits per heavy atom. The van der Waals surface area contributed by atoms with Gasteiger partial charge < -0.3 is 0 Å². The van der Waals surface area contributed by atoms with Crippen LogP contribution in [0.1, 0.15) is 72.6 Å². The molecule has 0 aromatic carbocycles. The molecule has 0 N–H and O–H groups in total. The summed E-state index contributed by atoms with van der Waals surface area (Å²) >= 11 is 2.54. The number of hydrogen-bond donors (Lipinski definition) is 0. The lowest BCUT2D eigenvalue weighted by Crippen LogP contribution is -2.20. The number of unbranched alkanes of at least 4 members (excludes halogenated alkanes) is 1. The maximum Gasteiger partial charge on any atom is 0.0431 e. The second-order valence-electron chi connectivity index (χ2n) is 8.31. The minimum atomic E-state index is 0.587. The Morgan fingerprint density at radius 1 is 1.22 bits per heavy atom. The van der Waals surface area contributed by atoms with E-state index in [1.165, 1.54) is 60.1 Å². The number of halogens is 1. The number of aliphatic imine (C=N–C) groups is 1. The van der Waals surface area contributed by atoms with Gasteiger partial charge in [-0.1, -0.05) is 78.0 Å². The molecule has 0 spiro atoms. The number of rotatable bonds is 10. The fourth-order valence-electron chi connectivity index (χ4n) is 3.87. The summed E-state index contributed by atoms with van der Waals surface area (Å²) in [7, 11) is 0. The molecule has 2 atom stereocenters. The third kappa shape index (κ3) is 6.58. The zero-order chi connectivity index (χ0) is 19.8. The summed E-state index contributed by atoms with van der Waals surface area (Å²) in [6, 6.07) is 0. The molecular formula is C25H36IN. The van der Waals surface area contributed by atoms with Gasteiger partial charge in [0.05, 0.1) is 0 Å². The van der Waals surface area contributed by atoms with Crippen LogP contribution in [-0.2, 0) is 0 Å². The maximum atomic E-state index is 4.50. The van der Waals surface area contributed by atoms with Crippen molar-refractivity contribution in [3.63, 3.8) is 0 Å². The quantitative estimate of drug-likeness (QED) is 0.0752. The fraction of sp³-hybridized carbons (Fsp3) is 0.560. The third-order valence-electron chi connectivity index (χ3n) is 5.74. The van der Waals surface area contributed by atoms with Gasteiger partial charge >= 0.3 is 0 Å². The third-order valence-corrected chi connectivity index (χ3v) is 6.93. The molecule has 0 saturated carbocycles. The summed E-state index contributed by atoms with van der Waals surface area (Å²) in [4.78, 5) is 4.50. The molecule has 0 amide bonds. The Balaban J connectivity index is 2.09. The standard InChI is InChI=1S/C25H36IN/c1-18(2)17-23(20(4)19(3)22-15-16-24(22)26)25(27-5)14-10-9-13-21-11-7-6-8-12-21/h7,11-12,15-16,18,22,24H,5-6,8-10,13-14,17H2,1-4H3/b20-19+,25-23+/t22?,24-/m1/s1. The van der Waals surface area contributed by atoms with Gasteiger partial charge in [-0.2, -0.15) is 0 Å². The summed E-state index contributed by atoms with van der Waals surface area (Å²) in [5.74, 6) is 1.22. The Morgan fingerprint density at radius 3 is 2.52 bits per heavy atom. The van der Waals surface area contributed by atoms with Crippen molar-refractivity contribution in [2.45, 2.75) is 76.6 Å². The molecule has 0 bridgehead atoms. The second kappa shape index (κ2) is 11.2. The second-order valence-corrected chi connectivity index (χ2v) is 9.75. The van der Waals surface area contributed by atoms with E-state index in [1.54, 1.807) is 0 Å². The largest absolute Gasteiger partial charge is 0.269 e. The van der Waals surface area contributed by atoms with E-state index in [0.717, 1.165) is 12.8 Å². The summed E-state index contributed by atoms with van der Waals surface area (Å²) < 4.78 is 0.634. The Labute approximate surface area is 180 Å². The van der Waals surface area contributed by atoms with Gasteiger partial charge in [-0.05, 0) is 82.6 Å². The summed E-state index contributed by atoms with van der Waals surface area (Å²) in [5, 5.41) is 0. The first-order chi connectivity index (χ1) is 12.9. The van der Waals surface area contributed by atoms with E-state index in [0.29, 0.717) is 15.8 Å². The molecule has 2 aliphatic carbocycles. The highest BCUT2D eigenvalue weighted by Crippen LogP contribution is 2.37. The predicted octanol–water partition coefficient (Wildman–Crippen LogP) is 8.15. The van der Waals surface area contributed by atoms with Crippen LogP contribution in [-0.4, -0.2) is 10.6 Å². The van der Waals surface area contributed by atoms with Crippen LogP contribution in [0.4, 0.5) is 0 Å². The highest BCUT2D eigenvalue weighted by molar-refractivity contribution is 14.1. The SMILES string of the molecule is C=N/C(CCCCC1=CCCC=C1)=C(CC(C)C)/C(C)=C(\C)C1C=C[C@H]1I. The van der Waals surface area contributed by atoms with Gasteiger partial charge in [0.1, 0.15) is 0 Å². The van der Waals surface area contributed by atoms with Crippen molar-refractivity contribution in [1.82, 2.24) is 0 Å². The first-order valence-electron chi connectivity index (χ1n) is 10.5. The van der Waals surface area contributed by atoms with Crippen molar-refractivity contribution in [2.24, 2.45) is 16.8 Å². The maximum absolute atomic E-state index is 4.50. The molecule has 1 nitrogen and oxygen atoms in total. The van der Waals surface area contributed by atoms with Crippen LogP contribution in [0, 0.1) is 11.8 Å². The van der Waals surface area contributed by atoms with E-state index in [-0.39, 0.29) is 0 Å². The highest BCUT2D eigenvalue weighted by Gasteiger charge is 2.25. The minimum absolute atomic E-state index is 0.587. The molecule has 1 unspecified atom stereocenters. The molecule has 0 saturated heterocycles. The van der Waals surface area contributed by atoms with Crippen LogP contribution in [0.3, 0.4) is 0 Å². The fourth-order valence-corrected chi connectivity index (χ4v) is 4.89. The van der Waals surface area contributed by atoms with Gasteiger partial charge in [0.25, 0.3) is 0 Å². The number of nitrogens with zero attached hydrogens (tertiary/aromatic N) is 1. The molecular weight excluding hydrogens is 441 g/mol. The van der Waals surface area contributed by atoms with Gasteiger partial charge in [-0.3, -0.25) is 4.99 Å². The molecule has 2 heteroatoms. The topological polar surface area (TPSA) is 12.4 Å². The van der Waals surface area contributed by atoms with Crippen molar-refractivity contribution in [1.29, 1.82) is 0 Å². The lowest BCUT2D eigenvalue weighted by molar-refractivity contribution is 0.629. The van der Waals surface area contributed by atoms with Crippen LogP contribution in [0.2, 0.25) is 0 Å². The lowest BCUT2D eigenvalue weighted by atomic mass is 9.82. The summed E-state index contributed by atoms with van der Waals surface area (Å²) in [6.45, 7) is 13.1. The molecule has 27 heavy (non-hydrogen) atoms. The normalized spacial score (nSPS) is 23.6. The van der Waals surface area contributed by atoms with Gasteiger partial charge in [0.15, 0.2) is 0 Å². The van der Waals surface area contributed by atoms with Gasteiger partial charge in [-0.15, -0.1) is 0 Å². The first-order valence-corrected chi connectivity index (χ1v) is 11.7. The van der Waals surface area contributed by atoms with Crippen molar-refractivity contribution in [3.05, 3.63) is 58.4 Å². The highest BCUT2D eigenvalue weighted by atomic mass is 127. The van der Waals surface area contributed by atoms with E-state index < -0.39 is 0 Å². The molecule has 0 radical (unpaired) electrons. The molecule has 148 valence electrons. The molecule has 2 rings (SSSR count). The molecule has 2 aliphatic rings. The van der Waals surface area contributed by atoms with E-state index >= 15 is 0 Å². The van der Waals surface area contributed by atoms with Gasteiger partial charge in [-0.25, -0.2) is 0 Å². The summed E-state index contributed by atoms with van der Waals surface area (Å²) in [6.07, 6.45) is 19.8. The van der Waals surface area contributed by atoms with Crippen LogP contribution in [0.5, 0.6) is 0 Å². The Bertz CT molecular complexity index is 672. The van der Waals surface area contributed by atoms with Crippen molar-refractivity contribution in [3.8, 4) is 0 Å². The Hall–Kier alpha value is -0.900. The number of alkyl halides is 1. The average Bonchev–Trinajstić information content (AvgIpc) is 2.65. The van der Waals surface area contributed by atoms with Crippen molar-refractivity contribution < 1.29 is 0 Å². The number of allylic oxidation sites excluding steroid dienone is 10. The van der Waals surface area contributed by atoms with Crippen LogP contribution >= 0.6 is 22.6 Å². The first kappa shape index (κ1) is 22.4. The minimum Gasteiger partial charge on any atom is -0.269 e. The average molecular weight is 477 g/mol. The zero-order valence-corrected chi connectivity index (χ0v) is 19.8. The smallest absolute Gasteiger partial charge is 0.0431 e. The number of hydrogen-bond acceptors (Lipinski definition) is 1. The van der Waals surface area contributed by atoms with Crippen LogP contribution in [0.25, 0.3) is 0 Å². The van der Waals surface area contributed by atoms with E-state index in [4.69, 9.17) is 0 Å². The van der Waals surface area contributed by atoms with E-state index in [9.17, 15) is 0 Å². The van der Waals surface area contributed by atoms with Crippen molar-refractivity contribution >= 4 is 29.3 Å². The monoisotopic (exact) mass is 477 g/mol. The predicted molar refractivity (Wildman–Crippen MR) is 130 cm³/mol. The lowest BCUT2D eigenvalue weighted by Gasteiger charge is -2.28. The molecule has 0 aliphatic heterocycles. The van der Waals surface area contributed by atoms with Crippen molar-refractivity contribution in [2.75, 3.05) is 0 Å². The van der Waals surface area contributed by atoms with Gasteiger partial charge in [0.2, 0.25) is 0 Å². The zero-order valence-electron chi connectivity index (χ0n) is 17.6.